The van der Waals surface area contributed by atoms with E-state index >= 15 is 0 Å². The summed E-state index contributed by atoms with van der Waals surface area (Å²) in [4.78, 5) is 0. The molecule has 0 nitrogen and oxygen atoms in total. The van der Waals surface area contributed by atoms with E-state index in [1.165, 1.54) is 0 Å². The lowest BCUT2D eigenvalue weighted by atomic mass is 10.5. The van der Waals surface area contributed by atoms with Crippen LogP contribution in [0.3, 0.4) is 0 Å². The summed E-state index contributed by atoms with van der Waals surface area (Å²) in [5, 5.41) is 0. The smallest absolute Gasteiger partial charge is 0.00000000502 e. The number of terminal acetylenes is 2. The normalized spacial score (nSPS) is 3.50. The molecule has 0 saturated carbocycles. The molecule has 0 N–H and O–H groups in total. The fourth-order valence-electron chi connectivity index (χ4n) is 0.260. The zero-order valence-electron chi connectivity index (χ0n) is 6.15. The SMILES string of the molecule is C#CC#CC#CC#CC#CC#C. The highest BCUT2D eigenvalue weighted by molar-refractivity contribution is 5.43. The fourth-order valence-corrected chi connectivity index (χ4v) is 0.260. The van der Waals surface area contributed by atoms with Crippen molar-refractivity contribution in [3.05, 3.63) is 0 Å². The van der Waals surface area contributed by atoms with Crippen LogP contribution in [0.5, 0.6) is 0 Å². The topological polar surface area (TPSA) is 0 Å². The Labute approximate surface area is 72.7 Å². The van der Waals surface area contributed by atoms with Gasteiger partial charge in [0.1, 0.15) is 0 Å². The van der Waals surface area contributed by atoms with Crippen LogP contribution in [0.2, 0.25) is 0 Å². The third-order valence-electron chi connectivity index (χ3n) is 0.582. The Balaban J connectivity index is 4.12. The monoisotopic (exact) mass is 146 g/mol. The van der Waals surface area contributed by atoms with Gasteiger partial charge in [0.25, 0.3) is 0 Å². The molecule has 0 aromatic heterocycles. The van der Waals surface area contributed by atoms with Gasteiger partial charge >= 0.3 is 0 Å². The zero-order valence-corrected chi connectivity index (χ0v) is 6.15. The van der Waals surface area contributed by atoms with E-state index in [0.29, 0.717) is 0 Å². The number of hydrogen-bond donors (Lipinski definition) is 0. The van der Waals surface area contributed by atoms with Crippen LogP contribution in [-0.4, -0.2) is 0 Å². The van der Waals surface area contributed by atoms with E-state index in [1.807, 2.05) is 0 Å². The maximum absolute atomic E-state index is 4.84. The molecule has 0 aliphatic rings. The van der Waals surface area contributed by atoms with Gasteiger partial charge in [-0.25, -0.2) is 0 Å². The van der Waals surface area contributed by atoms with E-state index in [1.54, 1.807) is 0 Å². The van der Waals surface area contributed by atoms with Crippen LogP contribution in [0.15, 0.2) is 0 Å². The minimum atomic E-state index is 2.11. The van der Waals surface area contributed by atoms with Gasteiger partial charge in [-0.05, 0) is 59.2 Å². The van der Waals surface area contributed by atoms with Gasteiger partial charge in [-0.15, -0.1) is 12.8 Å². The van der Waals surface area contributed by atoms with Crippen molar-refractivity contribution in [1.29, 1.82) is 0 Å². The van der Waals surface area contributed by atoms with E-state index in [2.05, 4.69) is 59.2 Å². The summed E-state index contributed by atoms with van der Waals surface area (Å²) < 4.78 is 0. The fraction of sp³-hybridized carbons (Fsp3) is 0. The number of hydrogen-bond acceptors (Lipinski definition) is 0. The zero-order chi connectivity index (χ0) is 9.07. The molecular weight excluding hydrogens is 144 g/mol. The summed E-state index contributed by atoms with van der Waals surface area (Å²) in [5.74, 6) is 23.3. The average Bonchev–Trinajstić information content (AvgIpc) is 2.10. The molecule has 0 atom stereocenters. The molecule has 0 spiro atoms. The molecule has 0 rings (SSSR count). The first-order valence-electron chi connectivity index (χ1n) is 2.83. The lowest BCUT2D eigenvalue weighted by Crippen LogP contribution is -1.53. The van der Waals surface area contributed by atoms with Gasteiger partial charge in [0.15, 0.2) is 0 Å². The summed E-state index contributed by atoms with van der Waals surface area (Å²) in [6, 6.07) is 0. The minimum absolute atomic E-state index is 2.11. The van der Waals surface area contributed by atoms with E-state index in [0.717, 1.165) is 0 Å². The van der Waals surface area contributed by atoms with Crippen LogP contribution in [0.1, 0.15) is 0 Å². The van der Waals surface area contributed by atoms with Crippen molar-refractivity contribution in [2.75, 3.05) is 0 Å². The molecule has 0 aromatic carbocycles. The summed E-state index contributed by atoms with van der Waals surface area (Å²) >= 11 is 0. The first-order valence-corrected chi connectivity index (χ1v) is 2.83. The van der Waals surface area contributed by atoms with Crippen molar-refractivity contribution in [3.8, 4) is 72.1 Å². The van der Waals surface area contributed by atoms with Crippen LogP contribution in [0.25, 0.3) is 0 Å². The third-order valence-corrected chi connectivity index (χ3v) is 0.582. The Kier molecular flexibility index (Phi) is 6.52. The maximum Gasteiger partial charge on any atom is -0.00000000502 e. The van der Waals surface area contributed by atoms with Crippen LogP contribution in [0.4, 0.5) is 0 Å². The Morgan fingerprint density at radius 2 is 0.667 bits per heavy atom. The standard InChI is InChI=1S/C12H2/c1-3-5-7-9-11-12-10-8-6-4-2/h1-2H. The molecule has 0 amide bonds. The molecule has 0 saturated heterocycles. The van der Waals surface area contributed by atoms with Gasteiger partial charge in [0.05, 0.1) is 0 Å². The second-order valence-corrected chi connectivity index (χ2v) is 1.29. The first kappa shape index (κ1) is 9.36. The second-order valence-electron chi connectivity index (χ2n) is 1.29. The molecule has 0 fully saturated rings. The van der Waals surface area contributed by atoms with Crippen LogP contribution in [0, 0.1) is 72.1 Å². The Hall–Kier alpha value is -2.64. The average molecular weight is 146 g/mol. The predicted molar refractivity (Wildman–Crippen MR) is 48.8 cm³/mol. The highest BCUT2D eigenvalue weighted by Gasteiger charge is 1.54. The molecule has 0 heteroatoms. The van der Waals surface area contributed by atoms with E-state index in [4.69, 9.17) is 12.8 Å². The third kappa shape index (κ3) is 7.36. The summed E-state index contributed by atoms with van der Waals surface area (Å²) in [5.41, 5.74) is 0. The molecule has 0 unspecified atom stereocenters. The largest absolute Gasteiger partial charge is 0.106 e. The first-order chi connectivity index (χ1) is 5.91. The molecule has 12 heavy (non-hydrogen) atoms. The molecule has 0 aliphatic heterocycles. The van der Waals surface area contributed by atoms with Crippen LogP contribution in [-0.2, 0) is 0 Å². The van der Waals surface area contributed by atoms with Gasteiger partial charge < -0.3 is 0 Å². The van der Waals surface area contributed by atoms with Crippen LogP contribution < -0.4 is 0 Å². The molecule has 0 bridgehead atoms. The van der Waals surface area contributed by atoms with E-state index in [-0.39, 0.29) is 0 Å². The van der Waals surface area contributed by atoms with Crippen molar-refractivity contribution >= 4 is 0 Å². The van der Waals surface area contributed by atoms with Gasteiger partial charge in [-0.3, -0.25) is 0 Å². The quantitative estimate of drug-likeness (QED) is 0.430. The van der Waals surface area contributed by atoms with Crippen molar-refractivity contribution in [1.82, 2.24) is 0 Å². The predicted octanol–water partition coefficient (Wildman–Crippen LogP) is 0.266. The summed E-state index contributed by atoms with van der Waals surface area (Å²) in [6.07, 6.45) is 9.67. The highest BCUT2D eigenvalue weighted by Crippen LogP contribution is 1.54. The van der Waals surface area contributed by atoms with E-state index in [9.17, 15) is 0 Å². The number of rotatable bonds is 0. The molecule has 0 radical (unpaired) electrons. The lowest BCUT2D eigenvalue weighted by Gasteiger charge is -1.53. The van der Waals surface area contributed by atoms with Gasteiger partial charge in [0.2, 0.25) is 0 Å². The van der Waals surface area contributed by atoms with Gasteiger partial charge in [-0.1, -0.05) is 0 Å². The molecule has 0 heterocycles. The van der Waals surface area contributed by atoms with Gasteiger partial charge in [0, 0.05) is 0 Å². The summed E-state index contributed by atoms with van der Waals surface area (Å²) in [7, 11) is 0. The molecule has 0 aliphatic carbocycles. The molecular formula is C12H2. The Bertz CT molecular complexity index is 412. The second kappa shape index (κ2) is 8.36. The molecule has 50 valence electrons. The van der Waals surface area contributed by atoms with Crippen LogP contribution >= 0.6 is 0 Å². The highest BCUT2D eigenvalue weighted by atomic mass is 13.6. The van der Waals surface area contributed by atoms with Crippen molar-refractivity contribution < 1.29 is 0 Å². The lowest BCUT2D eigenvalue weighted by molar-refractivity contribution is 2.36. The van der Waals surface area contributed by atoms with E-state index < -0.39 is 0 Å². The van der Waals surface area contributed by atoms with Crippen molar-refractivity contribution in [3.63, 3.8) is 0 Å². The minimum Gasteiger partial charge on any atom is -0.106 e. The molecule has 0 aromatic rings. The summed E-state index contributed by atoms with van der Waals surface area (Å²) in [6.45, 7) is 0. The maximum atomic E-state index is 4.84. The Morgan fingerprint density at radius 1 is 0.417 bits per heavy atom. The Morgan fingerprint density at radius 3 is 0.917 bits per heavy atom. The van der Waals surface area contributed by atoms with Gasteiger partial charge in [-0.2, -0.15) is 0 Å². The van der Waals surface area contributed by atoms with Crippen molar-refractivity contribution in [2.24, 2.45) is 0 Å². The van der Waals surface area contributed by atoms with Crippen molar-refractivity contribution in [2.45, 2.75) is 0 Å².